The average molecular weight is 467 g/mol. The number of rotatable bonds is 11. The third-order valence-electron chi connectivity index (χ3n) is 5.82. The number of ether oxygens (including phenoxy) is 1. The quantitative estimate of drug-likeness (QED) is 0.521. The van der Waals surface area contributed by atoms with Crippen LogP contribution in [0, 0.1) is 0 Å². The van der Waals surface area contributed by atoms with E-state index in [4.69, 9.17) is 4.74 Å². The van der Waals surface area contributed by atoms with Crippen LogP contribution in [-0.4, -0.2) is 93.3 Å². The van der Waals surface area contributed by atoms with Crippen molar-refractivity contribution in [1.29, 1.82) is 0 Å². The number of piperazine rings is 1. The first kappa shape index (κ1) is 24.5. The van der Waals surface area contributed by atoms with Crippen molar-refractivity contribution in [3.63, 3.8) is 0 Å². The maximum absolute atomic E-state index is 13.4. The molecule has 9 nitrogen and oxygen atoms in total. The van der Waals surface area contributed by atoms with Gasteiger partial charge in [-0.05, 0) is 44.0 Å². The molecule has 0 bridgehead atoms. The minimum Gasteiger partial charge on any atom is -0.494 e. The van der Waals surface area contributed by atoms with Gasteiger partial charge < -0.3 is 19.9 Å². The molecule has 1 aromatic rings. The van der Waals surface area contributed by atoms with E-state index >= 15 is 0 Å². The Morgan fingerprint density at radius 2 is 1.84 bits per heavy atom. The summed E-state index contributed by atoms with van der Waals surface area (Å²) in [6.07, 6.45) is 2.09. The molecular formula is C22H34N4O5S. The highest BCUT2D eigenvalue weighted by atomic mass is 32.2. The predicted molar refractivity (Wildman–Crippen MR) is 121 cm³/mol. The van der Waals surface area contributed by atoms with Gasteiger partial charge in [0, 0.05) is 65.2 Å². The molecule has 2 aliphatic heterocycles. The minimum absolute atomic E-state index is 0.0342. The lowest BCUT2D eigenvalue weighted by atomic mass is 10.3. The molecule has 2 heterocycles. The molecule has 0 aliphatic carbocycles. The zero-order chi connectivity index (χ0) is 23.0. The second kappa shape index (κ2) is 11.6. The smallest absolute Gasteiger partial charge is 0.243 e. The van der Waals surface area contributed by atoms with E-state index in [1.54, 1.807) is 21.9 Å². The van der Waals surface area contributed by atoms with Crippen molar-refractivity contribution >= 4 is 21.8 Å². The van der Waals surface area contributed by atoms with E-state index in [9.17, 15) is 18.0 Å². The third kappa shape index (κ3) is 6.43. The highest BCUT2D eigenvalue weighted by Crippen LogP contribution is 2.21. The lowest BCUT2D eigenvalue weighted by Crippen LogP contribution is -2.47. The molecular weight excluding hydrogens is 432 g/mol. The molecule has 32 heavy (non-hydrogen) atoms. The van der Waals surface area contributed by atoms with Crippen molar-refractivity contribution in [1.82, 2.24) is 19.4 Å². The summed E-state index contributed by atoms with van der Waals surface area (Å²) in [5, 5.41) is 3.21. The van der Waals surface area contributed by atoms with Gasteiger partial charge in [0.2, 0.25) is 21.8 Å². The van der Waals surface area contributed by atoms with Crippen molar-refractivity contribution in [2.24, 2.45) is 0 Å². The molecule has 10 heteroatoms. The predicted octanol–water partition coefficient (Wildman–Crippen LogP) is 0.910. The summed E-state index contributed by atoms with van der Waals surface area (Å²) in [5.41, 5.74) is 0. The first-order valence-electron chi connectivity index (χ1n) is 11.4. The molecule has 2 amide bonds. The molecule has 0 radical (unpaired) electrons. The monoisotopic (exact) mass is 466 g/mol. The Balaban J connectivity index is 1.67. The Labute approximate surface area is 190 Å². The van der Waals surface area contributed by atoms with Gasteiger partial charge in [-0.2, -0.15) is 4.31 Å². The number of hydrogen-bond donors (Lipinski definition) is 1. The van der Waals surface area contributed by atoms with Gasteiger partial charge in [-0.3, -0.25) is 9.59 Å². The normalized spacial score (nSPS) is 17.2. The topological polar surface area (TPSA) is 99.3 Å². The summed E-state index contributed by atoms with van der Waals surface area (Å²) in [7, 11) is -3.78. The van der Waals surface area contributed by atoms with Gasteiger partial charge >= 0.3 is 0 Å². The van der Waals surface area contributed by atoms with Gasteiger partial charge in [-0.1, -0.05) is 0 Å². The molecule has 2 aliphatic rings. The number of likely N-dealkylation sites (tertiary alicyclic amines) is 1. The molecule has 0 unspecified atom stereocenters. The van der Waals surface area contributed by atoms with Crippen LogP contribution in [0.1, 0.15) is 32.6 Å². The van der Waals surface area contributed by atoms with Crippen molar-refractivity contribution in [2.75, 3.05) is 59.0 Å². The molecule has 0 aromatic heterocycles. The number of carbonyl (C=O) groups excluding carboxylic acids is 2. The summed E-state index contributed by atoms with van der Waals surface area (Å²) in [4.78, 5) is 28.2. The first-order valence-corrected chi connectivity index (χ1v) is 12.8. The fourth-order valence-electron chi connectivity index (χ4n) is 4.05. The molecule has 2 fully saturated rings. The minimum atomic E-state index is -3.78. The summed E-state index contributed by atoms with van der Waals surface area (Å²) < 4.78 is 33.5. The van der Waals surface area contributed by atoms with Crippen molar-refractivity contribution in [2.45, 2.75) is 37.5 Å². The van der Waals surface area contributed by atoms with E-state index in [1.165, 1.54) is 16.4 Å². The van der Waals surface area contributed by atoms with Crippen LogP contribution in [0.5, 0.6) is 5.75 Å². The van der Waals surface area contributed by atoms with Gasteiger partial charge in [-0.25, -0.2) is 8.42 Å². The van der Waals surface area contributed by atoms with Crippen molar-refractivity contribution in [3.8, 4) is 5.75 Å². The molecule has 1 N–H and O–H groups in total. The van der Waals surface area contributed by atoms with Gasteiger partial charge in [-0.15, -0.1) is 0 Å². The van der Waals surface area contributed by atoms with E-state index in [-0.39, 0.29) is 36.2 Å². The lowest BCUT2D eigenvalue weighted by Gasteiger charge is -2.29. The second-order valence-electron chi connectivity index (χ2n) is 8.03. The Kier molecular flexibility index (Phi) is 8.89. The number of benzene rings is 1. The SMILES string of the molecule is CCOc1ccc(S(=O)(=O)N(CCCN2CCCC2=O)CCC(=O)N2CCNCC2)cc1. The second-order valence-corrected chi connectivity index (χ2v) is 9.97. The van der Waals surface area contributed by atoms with Gasteiger partial charge in [0.05, 0.1) is 11.5 Å². The molecule has 0 atom stereocenters. The zero-order valence-corrected chi connectivity index (χ0v) is 19.6. The Hall–Kier alpha value is -2.17. The molecule has 3 rings (SSSR count). The highest BCUT2D eigenvalue weighted by molar-refractivity contribution is 7.89. The van der Waals surface area contributed by atoms with E-state index in [0.29, 0.717) is 44.8 Å². The van der Waals surface area contributed by atoms with E-state index in [1.807, 2.05) is 6.92 Å². The standard InChI is InChI=1S/C22H34N4O5S/c1-2-31-19-6-8-20(9-7-19)32(29,30)26(15-4-14-24-13-3-5-21(24)27)16-10-22(28)25-17-11-23-12-18-25/h6-9,23H,2-5,10-18H2,1H3. The van der Waals surface area contributed by atoms with Crippen molar-refractivity contribution < 1.29 is 22.7 Å². The number of carbonyl (C=O) groups is 2. The summed E-state index contributed by atoms with van der Waals surface area (Å²) >= 11 is 0. The van der Waals surface area contributed by atoms with Crippen LogP contribution in [0.15, 0.2) is 29.2 Å². The maximum atomic E-state index is 13.4. The van der Waals surface area contributed by atoms with E-state index < -0.39 is 10.0 Å². The Morgan fingerprint density at radius 1 is 1.12 bits per heavy atom. The third-order valence-corrected chi connectivity index (χ3v) is 7.74. The molecule has 0 spiro atoms. The van der Waals surface area contributed by atoms with Crippen LogP contribution < -0.4 is 10.1 Å². The largest absolute Gasteiger partial charge is 0.494 e. The number of nitrogens with one attached hydrogen (secondary N) is 1. The Morgan fingerprint density at radius 3 is 2.47 bits per heavy atom. The Bertz CT molecular complexity index is 869. The summed E-state index contributed by atoms with van der Waals surface area (Å²) in [6, 6.07) is 6.36. The summed E-state index contributed by atoms with van der Waals surface area (Å²) in [6.45, 7) is 6.79. The number of nitrogens with zero attached hydrogens (tertiary/aromatic N) is 3. The first-order chi connectivity index (χ1) is 15.4. The molecule has 178 valence electrons. The number of amides is 2. The average Bonchev–Trinajstić information content (AvgIpc) is 3.21. The van der Waals surface area contributed by atoms with Crippen LogP contribution in [0.2, 0.25) is 0 Å². The lowest BCUT2D eigenvalue weighted by molar-refractivity contribution is -0.131. The summed E-state index contributed by atoms with van der Waals surface area (Å²) in [5.74, 6) is 0.701. The van der Waals surface area contributed by atoms with Gasteiger partial charge in [0.15, 0.2) is 0 Å². The van der Waals surface area contributed by atoms with Crippen LogP contribution in [-0.2, 0) is 19.6 Å². The fourth-order valence-corrected chi connectivity index (χ4v) is 5.53. The molecule has 1 aromatic carbocycles. The van der Waals surface area contributed by atoms with E-state index in [0.717, 1.165) is 26.1 Å². The maximum Gasteiger partial charge on any atom is 0.243 e. The van der Waals surface area contributed by atoms with Gasteiger partial charge in [0.1, 0.15) is 5.75 Å². The highest BCUT2D eigenvalue weighted by Gasteiger charge is 2.27. The van der Waals surface area contributed by atoms with Crippen LogP contribution in [0.25, 0.3) is 0 Å². The molecule has 0 saturated carbocycles. The van der Waals surface area contributed by atoms with E-state index in [2.05, 4.69) is 5.32 Å². The number of hydrogen-bond acceptors (Lipinski definition) is 6. The molecule has 2 saturated heterocycles. The fraction of sp³-hybridized carbons (Fsp3) is 0.636. The van der Waals surface area contributed by atoms with Crippen molar-refractivity contribution in [3.05, 3.63) is 24.3 Å². The van der Waals surface area contributed by atoms with Crippen LogP contribution >= 0.6 is 0 Å². The zero-order valence-electron chi connectivity index (χ0n) is 18.8. The van der Waals surface area contributed by atoms with Gasteiger partial charge in [0.25, 0.3) is 0 Å². The van der Waals surface area contributed by atoms with Crippen LogP contribution in [0.4, 0.5) is 0 Å². The number of sulfonamides is 1. The van der Waals surface area contributed by atoms with Crippen LogP contribution in [0.3, 0.4) is 0 Å².